The Morgan fingerprint density at radius 3 is 2.71 bits per heavy atom. The number of thiophene rings is 1. The smallest absolute Gasteiger partial charge is 0.146 e. The summed E-state index contributed by atoms with van der Waals surface area (Å²) in [5.41, 5.74) is 9.05. The summed E-state index contributed by atoms with van der Waals surface area (Å²) in [5, 5.41) is 3.66. The molecule has 0 amide bonds. The van der Waals surface area contributed by atoms with E-state index in [1.165, 1.54) is 39.6 Å². The van der Waals surface area contributed by atoms with Crippen LogP contribution in [0.4, 0.5) is 5.82 Å². The molecule has 5 rings (SSSR count). The molecule has 2 aromatic heterocycles. The Morgan fingerprint density at radius 2 is 1.82 bits per heavy atom. The summed E-state index contributed by atoms with van der Waals surface area (Å²) in [6.07, 6.45) is 4.79. The number of anilines is 1. The molecule has 0 aliphatic heterocycles. The molecule has 4 nitrogen and oxygen atoms in total. The minimum atomic E-state index is 0.651. The van der Waals surface area contributed by atoms with E-state index in [1.807, 2.05) is 11.3 Å². The van der Waals surface area contributed by atoms with Crippen LogP contribution in [0.3, 0.4) is 0 Å². The maximum atomic E-state index is 6.35. The average Bonchev–Trinajstić information content (AvgIpc) is 3.06. The van der Waals surface area contributed by atoms with E-state index in [4.69, 9.17) is 10.7 Å². The zero-order valence-electron chi connectivity index (χ0n) is 16.1. The number of hydrogen-bond donors (Lipinski definition) is 1. The summed E-state index contributed by atoms with van der Waals surface area (Å²) < 4.78 is 0. The van der Waals surface area contributed by atoms with Crippen LogP contribution in [0.15, 0.2) is 42.5 Å². The van der Waals surface area contributed by atoms with Crippen LogP contribution in [0.5, 0.6) is 0 Å². The van der Waals surface area contributed by atoms with Crippen LogP contribution in [0.25, 0.3) is 21.0 Å². The molecule has 4 aromatic rings. The van der Waals surface area contributed by atoms with Crippen molar-refractivity contribution in [1.29, 1.82) is 0 Å². The van der Waals surface area contributed by atoms with Gasteiger partial charge >= 0.3 is 0 Å². The first-order valence-corrected chi connectivity index (χ1v) is 10.7. The molecular formula is C23H24N4S. The van der Waals surface area contributed by atoms with Crippen LogP contribution >= 0.6 is 11.3 Å². The van der Waals surface area contributed by atoms with Crippen molar-refractivity contribution in [2.45, 2.75) is 38.8 Å². The first-order chi connectivity index (χ1) is 13.7. The summed E-state index contributed by atoms with van der Waals surface area (Å²) in [7, 11) is 2.11. The fourth-order valence-corrected chi connectivity index (χ4v) is 5.54. The number of fused-ring (bicyclic) bond motifs is 4. The minimum Gasteiger partial charge on any atom is -0.383 e. The third-order valence-electron chi connectivity index (χ3n) is 5.57. The van der Waals surface area contributed by atoms with E-state index in [0.29, 0.717) is 12.4 Å². The van der Waals surface area contributed by atoms with Gasteiger partial charge in [-0.2, -0.15) is 0 Å². The van der Waals surface area contributed by atoms with Crippen molar-refractivity contribution in [3.63, 3.8) is 0 Å². The Labute approximate surface area is 169 Å². The number of aryl methyl sites for hydroxylation is 2. The zero-order chi connectivity index (χ0) is 19.1. The van der Waals surface area contributed by atoms with E-state index in [-0.39, 0.29) is 0 Å². The zero-order valence-corrected chi connectivity index (χ0v) is 16.9. The molecule has 0 radical (unpaired) electrons. The van der Waals surface area contributed by atoms with Gasteiger partial charge in [0.05, 0.1) is 11.9 Å². The van der Waals surface area contributed by atoms with Gasteiger partial charge in [0.1, 0.15) is 16.5 Å². The Kier molecular flexibility index (Phi) is 4.49. The summed E-state index contributed by atoms with van der Waals surface area (Å²) in [4.78, 5) is 14.3. The van der Waals surface area contributed by atoms with Gasteiger partial charge in [-0.15, -0.1) is 11.3 Å². The molecule has 0 bridgehead atoms. The van der Waals surface area contributed by atoms with Crippen LogP contribution in [0.2, 0.25) is 0 Å². The highest BCUT2D eigenvalue weighted by Gasteiger charge is 2.20. The molecule has 2 heterocycles. The van der Waals surface area contributed by atoms with Crippen molar-refractivity contribution >= 4 is 38.1 Å². The highest BCUT2D eigenvalue weighted by atomic mass is 32.1. The highest BCUT2D eigenvalue weighted by molar-refractivity contribution is 7.19. The van der Waals surface area contributed by atoms with Crippen LogP contribution in [0, 0.1) is 0 Å². The van der Waals surface area contributed by atoms with E-state index in [1.54, 1.807) is 0 Å². The van der Waals surface area contributed by atoms with Crippen molar-refractivity contribution in [1.82, 2.24) is 14.9 Å². The Bertz CT molecular complexity index is 1160. The molecule has 142 valence electrons. The van der Waals surface area contributed by atoms with Crippen LogP contribution < -0.4 is 5.73 Å². The maximum Gasteiger partial charge on any atom is 0.146 e. The van der Waals surface area contributed by atoms with Gasteiger partial charge in [0, 0.05) is 11.4 Å². The number of nitrogen functional groups attached to an aromatic ring is 1. The van der Waals surface area contributed by atoms with Gasteiger partial charge in [-0.1, -0.05) is 36.4 Å². The molecule has 28 heavy (non-hydrogen) atoms. The lowest BCUT2D eigenvalue weighted by atomic mass is 9.97. The summed E-state index contributed by atoms with van der Waals surface area (Å²) >= 11 is 1.81. The normalized spacial score (nSPS) is 14.1. The Hall–Kier alpha value is -2.50. The fraction of sp³-hybridized carbons (Fsp3) is 0.304. The van der Waals surface area contributed by atoms with Gasteiger partial charge in [0.25, 0.3) is 0 Å². The number of aromatic nitrogens is 2. The quantitative estimate of drug-likeness (QED) is 0.538. The molecule has 0 saturated carbocycles. The first kappa shape index (κ1) is 17.6. The Balaban J connectivity index is 1.38. The summed E-state index contributed by atoms with van der Waals surface area (Å²) in [6.45, 7) is 1.54. The second kappa shape index (κ2) is 7.15. The third kappa shape index (κ3) is 3.25. The van der Waals surface area contributed by atoms with Gasteiger partial charge in [-0.25, -0.2) is 9.97 Å². The predicted molar refractivity (Wildman–Crippen MR) is 118 cm³/mol. The number of hydrogen-bond acceptors (Lipinski definition) is 5. The van der Waals surface area contributed by atoms with Gasteiger partial charge in [-0.05, 0) is 60.7 Å². The first-order valence-electron chi connectivity index (χ1n) is 9.90. The number of rotatable bonds is 4. The van der Waals surface area contributed by atoms with Crippen LogP contribution in [-0.2, 0) is 25.9 Å². The van der Waals surface area contributed by atoms with Crippen LogP contribution in [-0.4, -0.2) is 21.9 Å². The summed E-state index contributed by atoms with van der Waals surface area (Å²) in [5.74, 6) is 1.46. The number of nitrogens with two attached hydrogens (primary N) is 1. The van der Waals surface area contributed by atoms with Crippen molar-refractivity contribution in [2.24, 2.45) is 0 Å². The van der Waals surface area contributed by atoms with E-state index in [2.05, 4.69) is 59.4 Å². The van der Waals surface area contributed by atoms with E-state index in [9.17, 15) is 0 Å². The molecule has 0 atom stereocenters. The van der Waals surface area contributed by atoms with Crippen molar-refractivity contribution in [2.75, 3.05) is 12.8 Å². The van der Waals surface area contributed by atoms with E-state index < -0.39 is 0 Å². The van der Waals surface area contributed by atoms with Gasteiger partial charge < -0.3 is 5.73 Å². The lowest BCUT2D eigenvalue weighted by molar-refractivity contribution is 0.311. The topological polar surface area (TPSA) is 55.0 Å². The molecule has 1 aliphatic carbocycles. The highest BCUT2D eigenvalue weighted by Crippen LogP contribution is 2.37. The van der Waals surface area contributed by atoms with Crippen molar-refractivity contribution in [3.8, 4) is 0 Å². The molecule has 2 aromatic carbocycles. The number of nitrogens with zero attached hydrogens (tertiary/aromatic N) is 3. The lowest BCUT2D eigenvalue weighted by Gasteiger charge is -2.16. The van der Waals surface area contributed by atoms with Crippen LogP contribution in [0.1, 0.15) is 34.7 Å². The predicted octanol–water partition coefficient (Wildman–Crippen LogP) is 4.94. The molecule has 5 heteroatoms. The number of benzene rings is 2. The standard InChI is InChI=1S/C23H24N4S/c1-27(13-15-10-11-16-6-2-3-7-17(16)12-15)14-20-25-22(24)21-18-8-4-5-9-19(18)28-23(21)26-20/h2-3,6-7,10-12H,4-5,8-9,13-14H2,1H3,(H2,24,25,26). The molecule has 0 unspecified atom stereocenters. The second-order valence-electron chi connectivity index (χ2n) is 7.77. The fourth-order valence-electron chi connectivity index (χ4n) is 4.25. The molecule has 2 N–H and O–H groups in total. The summed E-state index contributed by atoms with van der Waals surface area (Å²) in [6, 6.07) is 15.1. The Morgan fingerprint density at radius 1 is 1.00 bits per heavy atom. The van der Waals surface area contributed by atoms with E-state index >= 15 is 0 Å². The molecule has 0 spiro atoms. The molecule has 0 fully saturated rings. The SMILES string of the molecule is CN(Cc1ccc2ccccc2c1)Cc1nc(N)c2c3c(sc2n1)CCCC3. The van der Waals surface area contributed by atoms with Gasteiger partial charge in [0.15, 0.2) is 0 Å². The third-order valence-corrected chi connectivity index (χ3v) is 6.75. The van der Waals surface area contributed by atoms with Crippen molar-refractivity contribution < 1.29 is 0 Å². The van der Waals surface area contributed by atoms with Crippen molar-refractivity contribution in [3.05, 3.63) is 64.3 Å². The largest absolute Gasteiger partial charge is 0.383 e. The maximum absolute atomic E-state index is 6.35. The van der Waals surface area contributed by atoms with Gasteiger partial charge in [0.2, 0.25) is 0 Å². The second-order valence-corrected chi connectivity index (χ2v) is 8.85. The minimum absolute atomic E-state index is 0.651. The van der Waals surface area contributed by atoms with Gasteiger partial charge in [-0.3, -0.25) is 4.90 Å². The average molecular weight is 389 g/mol. The monoisotopic (exact) mass is 388 g/mol. The lowest BCUT2D eigenvalue weighted by Crippen LogP contribution is -2.19. The molecule has 1 aliphatic rings. The molecular weight excluding hydrogens is 364 g/mol. The molecule has 0 saturated heterocycles. The van der Waals surface area contributed by atoms with E-state index in [0.717, 1.165) is 35.4 Å².